The Labute approximate surface area is 251 Å². The molecule has 2 rings (SSSR count). The standard InChI is InChI=1S/C34H49NO7/c1-3-21-35(23-24-36)22-20-34(38)42-28-9-6-5-8-25-39-31-16-12-29(13-17-31)30-14-18-32(19-15-30)40-26-10-7-11-27-41-33(37)4-2/h4,12-19,36H,2-3,5-11,20-28H2,1H3. The van der Waals surface area contributed by atoms with Gasteiger partial charge in [0.2, 0.25) is 0 Å². The highest BCUT2D eigenvalue weighted by atomic mass is 16.5. The summed E-state index contributed by atoms with van der Waals surface area (Å²) in [7, 11) is 0. The highest BCUT2D eigenvalue weighted by Crippen LogP contribution is 2.25. The fourth-order valence-electron chi connectivity index (χ4n) is 4.34. The van der Waals surface area contributed by atoms with Gasteiger partial charge in [-0.15, -0.1) is 0 Å². The van der Waals surface area contributed by atoms with Crippen molar-refractivity contribution in [2.45, 2.75) is 64.7 Å². The van der Waals surface area contributed by atoms with Crippen LogP contribution in [0.4, 0.5) is 0 Å². The summed E-state index contributed by atoms with van der Waals surface area (Å²) in [6.45, 7) is 9.83. The normalized spacial score (nSPS) is 10.8. The van der Waals surface area contributed by atoms with Gasteiger partial charge in [0.05, 0.1) is 39.5 Å². The molecule has 0 amide bonds. The highest BCUT2D eigenvalue weighted by molar-refractivity contribution is 5.81. The zero-order valence-corrected chi connectivity index (χ0v) is 25.3. The second-order valence-corrected chi connectivity index (χ2v) is 10.1. The van der Waals surface area contributed by atoms with Crippen LogP contribution in [0.3, 0.4) is 0 Å². The number of aliphatic hydroxyl groups excluding tert-OH is 1. The Morgan fingerprint density at radius 2 is 1.21 bits per heavy atom. The number of carbonyl (C=O) groups is 2. The third-order valence-electron chi connectivity index (χ3n) is 6.67. The van der Waals surface area contributed by atoms with Gasteiger partial charge in [-0.2, -0.15) is 0 Å². The molecule has 0 spiro atoms. The van der Waals surface area contributed by atoms with E-state index in [2.05, 4.69) is 42.7 Å². The second kappa shape index (κ2) is 22.3. The number of unbranched alkanes of at least 4 members (excludes halogenated alkanes) is 5. The molecule has 0 unspecified atom stereocenters. The molecule has 232 valence electrons. The van der Waals surface area contributed by atoms with E-state index in [0.29, 0.717) is 45.9 Å². The molecule has 0 heterocycles. The molecule has 0 atom stereocenters. The Morgan fingerprint density at radius 3 is 1.71 bits per heavy atom. The number of hydrogen-bond acceptors (Lipinski definition) is 8. The molecular formula is C34H49NO7. The van der Waals surface area contributed by atoms with Crippen molar-refractivity contribution in [3.05, 3.63) is 61.2 Å². The fraction of sp³-hybridized carbons (Fsp3) is 0.529. The first kappa shape index (κ1) is 34.8. The van der Waals surface area contributed by atoms with Crippen molar-refractivity contribution in [1.82, 2.24) is 4.90 Å². The van der Waals surface area contributed by atoms with E-state index in [1.54, 1.807) is 0 Å². The van der Waals surface area contributed by atoms with Crippen molar-refractivity contribution in [1.29, 1.82) is 0 Å². The molecular weight excluding hydrogens is 534 g/mol. The van der Waals surface area contributed by atoms with Crippen LogP contribution >= 0.6 is 0 Å². The molecule has 2 aromatic carbocycles. The van der Waals surface area contributed by atoms with Gasteiger partial charge >= 0.3 is 11.9 Å². The molecule has 0 aromatic heterocycles. The van der Waals surface area contributed by atoms with Crippen molar-refractivity contribution < 1.29 is 33.6 Å². The summed E-state index contributed by atoms with van der Waals surface area (Å²) in [6.07, 6.45) is 9.01. The predicted molar refractivity (Wildman–Crippen MR) is 166 cm³/mol. The quantitative estimate of drug-likeness (QED) is 0.0886. The number of aliphatic hydroxyl groups is 1. The lowest BCUT2D eigenvalue weighted by molar-refractivity contribution is -0.144. The van der Waals surface area contributed by atoms with E-state index in [9.17, 15) is 9.59 Å². The number of esters is 2. The molecule has 0 aliphatic rings. The molecule has 0 saturated heterocycles. The van der Waals surface area contributed by atoms with Crippen LogP contribution < -0.4 is 9.47 Å². The lowest BCUT2D eigenvalue weighted by Gasteiger charge is -2.19. The molecule has 0 saturated carbocycles. The maximum atomic E-state index is 11.9. The maximum Gasteiger partial charge on any atom is 0.330 e. The Balaban J connectivity index is 1.53. The monoisotopic (exact) mass is 583 g/mol. The number of nitrogens with zero attached hydrogens (tertiary/aromatic N) is 1. The first-order valence-corrected chi connectivity index (χ1v) is 15.3. The number of hydrogen-bond donors (Lipinski definition) is 1. The van der Waals surface area contributed by atoms with Crippen LogP contribution in [0.25, 0.3) is 11.1 Å². The molecule has 8 nitrogen and oxygen atoms in total. The third-order valence-corrected chi connectivity index (χ3v) is 6.67. The molecule has 8 heteroatoms. The Bertz CT molecular complexity index is 1000. The number of rotatable bonds is 24. The molecule has 42 heavy (non-hydrogen) atoms. The minimum Gasteiger partial charge on any atom is -0.494 e. The van der Waals surface area contributed by atoms with Crippen molar-refractivity contribution in [3.8, 4) is 22.6 Å². The second-order valence-electron chi connectivity index (χ2n) is 10.1. The van der Waals surface area contributed by atoms with Gasteiger partial charge in [-0.3, -0.25) is 4.79 Å². The van der Waals surface area contributed by atoms with Crippen LogP contribution in [0.15, 0.2) is 61.2 Å². The molecule has 0 radical (unpaired) electrons. The lowest BCUT2D eigenvalue weighted by atomic mass is 10.1. The number of ether oxygens (including phenoxy) is 4. The maximum absolute atomic E-state index is 11.9. The Hall–Kier alpha value is -3.36. The van der Waals surface area contributed by atoms with Crippen LogP contribution in [-0.4, -0.2) is 74.6 Å². The SMILES string of the molecule is C=CC(=O)OCCCCCOc1ccc(-c2ccc(OCCCCCCOC(=O)CCN(CCC)CCO)cc2)cc1. The summed E-state index contributed by atoms with van der Waals surface area (Å²) in [4.78, 5) is 25.0. The summed E-state index contributed by atoms with van der Waals surface area (Å²) in [6, 6.07) is 16.2. The average Bonchev–Trinajstić information content (AvgIpc) is 3.01. The first-order chi connectivity index (χ1) is 20.5. The Morgan fingerprint density at radius 1 is 0.714 bits per heavy atom. The molecule has 0 aliphatic heterocycles. The first-order valence-electron chi connectivity index (χ1n) is 15.3. The van der Waals surface area contributed by atoms with Gasteiger partial charge in [0.15, 0.2) is 0 Å². The predicted octanol–water partition coefficient (Wildman–Crippen LogP) is 6.21. The summed E-state index contributed by atoms with van der Waals surface area (Å²) in [5, 5.41) is 9.09. The molecule has 1 N–H and O–H groups in total. The third kappa shape index (κ3) is 15.6. The minimum atomic E-state index is -0.379. The number of carbonyl (C=O) groups excluding carboxylic acids is 2. The van der Waals surface area contributed by atoms with Crippen molar-refractivity contribution in [2.24, 2.45) is 0 Å². The molecule has 0 aliphatic carbocycles. The van der Waals surface area contributed by atoms with E-state index >= 15 is 0 Å². The van der Waals surface area contributed by atoms with Crippen molar-refractivity contribution >= 4 is 11.9 Å². The number of benzene rings is 2. The van der Waals surface area contributed by atoms with E-state index in [1.807, 2.05) is 24.3 Å². The van der Waals surface area contributed by atoms with Crippen LogP contribution in [0.1, 0.15) is 64.7 Å². The van der Waals surface area contributed by atoms with E-state index in [-0.39, 0.29) is 18.5 Å². The largest absolute Gasteiger partial charge is 0.494 e. The smallest absolute Gasteiger partial charge is 0.330 e. The summed E-state index contributed by atoms with van der Waals surface area (Å²) < 4.78 is 22.0. The summed E-state index contributed by atoms with van der Waals surface area (Å²) in [5.74, 6) is 1.14. The highest BCUT2D eigenvalue weighted by Gasteiger charge is 2.08. The fourth-order valence-corrected chi connectivity index (χ4v) is 4.34. The van der Waals surface area contributed by atoms with Crippen molar-refractivity contribution in [2.75, 3.05) is 52.7 Å². The average molecular weight is 584 g/mol. The van der Waals surface area contributed by atoms with Crippen LogP contribution in [0, 0.1) is 0 Å². The van der Waals surface area contributed by atoms with Crippen LogP contribution in [-0.2, 0) is 19.1 Å². The van der Waals surface area contributed by atoms with Crippen LogP contribution in [0.5, 0.6) is 11.5 Å². The van der Waals surface area contributed by atoms with Gasteiger partial charge in [-0.1, -0.05) is 37.8 Å². The van der Waals surface area contributed by atoms with E-state index < -0.39 is 0 Å². The molecule has 0 fully saturated rings. The van der Waals surface area contributed by atoms with Gasteiger partial charge < -0.3 is 29.0 Å². The van der Waals surface area contributed by atoms with Gasteiger partial charge in [0.1, 0.15) is 11.5 Å². The minimum absolute atomic E-state index is 0.109. The van der Waals surface area contributed by atoms with E-state index in [0.717, 1.165) is 80.5 Å². The Kier molecular flexibility index (Phi) is 18.5. The lowest BCUT2D eigenvalue weighted by Crippen LogP contribution is -2.30. The van der Waals surface area contributed by atoms with Crippen LogP contribution in [0.2, 0.25) is 0 Å². The van der Waals surface area contributed by atoms with E-state index in [4.69, 9.17) is 24.1 Å². The van der Waals surface area contributed by atoms with Gasteiger partial charge in [-0.05, 0) is 93.3 Å². The van der Waals surface area contributed by atoms with Gasteiger partial charge in [-0.25, -0.2) is 4.79 Å². The topological polar surface area (TPSA) is 94.5 Å². The zero-order chi connectivity index (χ0) is 30.3. The van der Waals surface area contributed by atoms with Crippen molar-refractivity contribution in [3.63, 3.8) is 0 Å². The van der Waals surface area contributed by atoms with Gasteiger partial charge in [0.25, 0.3) is 0 Å². The summed E-state index contributed by atoms with van der Waals surface area (Å²) >= 11 is 0. The molecule has 2 aromatic rings. The molecule has 0 bridgehead atoms. The van der Waals surface area contributed by atoms with Gasteiger partial charge in [0, 0.05) is 19.2 Å². The zero-order valence-electron chi connectivity index (χ0n) is 25.3. The summed E-state index contributed by atoms with van der Waals surface area (Å²) in [5.41, 5.74) is 2.23. The van der Waals surface area contributed by atoms with E-state index in [1.165, 1.54) is 6.08 Å².